The summed E-state index contributed by atoms with van der Waals surface area (Å²) in [6.07, 6.45) is -1.81. The Balaban J connectivity index is 1.26. The number of primary amides is 1. The van der Waals surface area contributed by atoms with E-state index in [-0.39, 0.29) is 24.3 Å². The number of hydrogen-bond donors (Lipinski definition) is 1. The largest absolute Gasteiger partial charge is 0.446 e. The van der Waals surface area contributed by atoms with Gasteiger partial charge in [-0.15, -0.1) is 0 Å². The van der Waals surface area contributed by atoms with Gasteiger partial charge in [-0.25, -0.2) is 14.8 Å². The van der Waals surface area contributed by atoms with Crippen molar-refractivity contribution in [2.45, 2.75) is 57.6 Å². The highest BCUT2D eigenvalue weighted by Crippen LogP contribution is 2.28. The molecule has 1 aromatic carbocycles. The molecule has 0 aliphatic carbocycles. The first-order valence-electron chi connectivity index (χ1n) is 12.3. The molecular formula is C25H31F3N6O3. The van der Waals surface area contributed by atoms with E-state index in [0.29, 0.717) is 24.5 Å². The van der Waals surface area contributed by atoms with Gasteiger partial charge in [-0.05, 0) is 44.4 Å². The zero-order valence-electron chi connectivity index (χ0n) is 20.8. The summed E-state index contributed by atoms with van der Waals surface area (Å²) in [7, 11) is 0. The maximum atomic E-state index is 13.0. The molecule has 4 rings (SSSR count). The minimum absolute atomic E-state index is 0.181. The Kier molecular flexibility index (Phi) is 7.86. The predicted molar refractivity (Wildman–Crippen MR) is 130 cm³/mol. The molecule has 2 saturated heterocycles. The number of anilines is 1. The summed E-state index contributed by atoms with van der Waals surface area (Å²) in [5, 5.41) is 0. The predicted octanol–water partition coefficient (Wildman–Crippen LogP) is 3.29. The maximum absolute atomic E-state index is 13.0. The number of rotatable bonds is 5. The van der Waals surface area contributed by atoms with Gasteiger partial charge in [0, 0.05) is 38.3 Å². The van der Waals surface area contributed by atoms with Crippen LogP contribution in [0.5, 0.6) is 0 Å². The lowest BCUT2D eigenvalue weighted by atomic mass is 10.1. The second kappa shape index (κ2) is 10.9. The number of hydrogen-bond acceptors (Lipinski definition) is 7. The third-order valence-corrected chi connectivity index (χ3v) is 6.83. The first-order valence-corrected chi connectivity index (χ1v) is 12.3. The number of nitrogens with zero attached hydrogens (tertiary/aromatic N) is 5. The molecule has 2 amide bonds. The van der Waals surface area contributed by atoms with Gasteiger partial charge in [0.2, 0.25) is 5.91 Å². The summed E-state index contributed by atoms with van der Waals surface area (Å²) in [5.74, 6) is -0.108. The molecule has 2 N–H and O–H groups in total. The van der Waals surface area contributed by atoms with Gasteiger partial charge in [-0.2, -0.15) is 13.2 Å². The molecule has 0 spiro atoms. The Bertz CT molecular complexity index is 1080. The lowest BCUT2D eigenvalue weighted by Crippen LogP contribution is -2.59. The molecule has 0 radical (unpaired) electrons. The third-order valence-electron chi connectivity index (χ3n) is 6.83. The lowest BCUT2D eigenvalue weighted by molar-refractivity contribution is -0.141. The number of ether oxygens (including phenoxy) is 1. The van der Waals surface area contributed by atoms with Crippen molar-refractivity contribution in [3.05, 3.63) is 53.5 Å². The van der Waals surface area contributed by atoms with Gasteiger partial charge in [0.05, 0.1) is 24.5 Å². The third kappa shape index (κ3) is 6.48. The van der Waals surface area contributed by atoms with Gasteiger partial charge in [0.15, 0.2) is 5.69 Å². The molecule has 37 heavy (non-hydrogen) atoms. The summed E-state index contributed by atoms with van der Waals surface area (Å²) in [4.78, 5) is 37.5. The van der Waals surface area contributed by atoms with E-state index in [9.17, 15) is 22.8 Å². The fraction of sp³-hybridized carbons (Fsp3) is 0.520. The van der Waals surface area contributed by atoms with E-state index in [2.05, 4.69) is 14.9 Å². The summed E-state index contributed by atoms with van der Waals surface area (Å²) in [6, 6.07) is 6.79. The number of carbonyl (C=O) groups excluding carboxylic acids is 2. The average Bonchev–Trinajstić information content (AvgIpc) is 2.84. The highest BCUT2D eigenvalue weighted by Gasteiger charge is 2.37. The quantitative estimate of drug-likeness (QED) is 0.645. The van der Waals surface area contributed by atoms with Gasteiger partial charge in [-0.1, -0.05) is 12.1 Å². The van der Waals surface area contributed by atoms with Gasteiger partial charge in [0.1, 0.15) is 11.9 Å². The zero-order valence-corrected chi connectivity index (χ0v) is 20.8. The molecule has 0 bridgehead atoms. The second-order valence-electron chi connectivity index (χ2n) is 9.69. The van der Waals surface area contributed by atoms with Gasteiger partial charge >= 0.3 is 12.3 Å². The summed E-state index contributed by atoms with van der Waals surface area (Å²) in [5.41, 5.74) is 5.81. The van der Waals surface area contributed by atoms with E-state index in [1.807, 2.05) is 30.9 Å². The Morgan fingerprint density at radius 1 is 1.03 bits per heavy atom. The molecule has 1 aromatic heterocycles. The van der Waals surface area contributed by atoms with Crippen LogP contribution in [0.1, 0.15) is 48.3 Å². The molecule has 0 unspecified atom stereocenters. The minimum Gasteiger partial charge on any atom is -0.446 e. The van der Waals surface area contributed by atoms with Crippen molar-refractivity contribution < 1.29 is 27.5 Å². The molecule has 2 aromatic rings. The van der Waals surface area contributed by atoms with Crippen LogP contribution in [-0.4, -0.2) is 76.1 Å². The van der Waals surface area contributed by atoms with E-state index in [4.69, 9.17) is 10.5 Å². The van der Waals surface area contributed by atoms with E-state index < -0.39 is 17.8 Å². The maximum Gasteiger partial charge on any atom is 0.434 e. The van der Waals surface area contributed by atoms with Crippen LogP contribution in [0.2, 0.25) is 0 Å². The molecule has 2 aliphatic heterocycles. The molecule has 9 nitrogen and oxygen atoms in total. The molecule has 12 heteroatoms. The molecule has 0 saturated carbocycles. The van der Waals surface area contributed by atoms with Crippen LogP contribution in [-0.2, 0) is 17.5 Å². The smallest absolute Gasteiger partial charge is 0.434 e. The minimum atomic E-state index is -4.54. The topological polar surface area (TPSA) is 105 Å². The highest BCUT2D eigenvalue weighted by atomic mass is 19.4. The van der Waals surface area contributed by atoms with Gasteiger partial charge in [0.25, 0.3) is 0 Å². The molecule has 200 valence electrons. The van der Waals surface area contributed by atoms with E-state index in [1.165, 1.54) is 0 Å². The number of carbonyl (C=O) groups is 2. The van der Waals surface area contributed by atoms with E-state index >= 15 is 0 Å². The first-order chi connectivity index (χ1) is 17.5. The van der Waals surface area contributed by atoms with Gasteiger partial charge in [-0.3, -0.25) is 14.6 Å². The molecule has 2 atom stereocenters. The number of likely N-dealkylation sites (tertiary alicyclic amines) is 1. The number of piperidine rings is 1. The number of alkyl halides is 3. The van der Waals surface area contributed by atoms with Crippen molar-refractivity contribution >= 4 is 17.8 Å². The Hall–Kier alpha value is -3.41. The van der Waals surface area contributed by atoms with Crippen molar-refractivity contribution in [2.75, 3.05) is 31.1 Å². The van der Waals surface area contributed by atoms with Crippen LogP contribution >= 0.6 is 0 Å². The standard InChI is InChI=1S/C25H31F3N6O3/c1-16-13-33(22-12-30-21(11-31-22)25(26,27)28)14-17(2)34(16)24(36)37-20-7-9-32(10-8-20)15-18-3-5-19(6-4-18)23(29)35/h3-6,11-12,16-17,20H,7-10,13-15H2,1-2H3,(H2,29,35)/t16-,17+. The number of amides is 2. The highest BCUT2D eigenvalue weighted by molar-refractivity contribution is 5.92. The second-order valence-corrected chi connectivity index (χ2v) is 9.69. The fourth-order valence-electron chi connectivity index (χ4n) is 4.92. The summed E-state index contributed by atoms with van der Waals surface area (Å²) >= 11 is 0. The van der Waals surface area contributed by atoms with Crippen molar-refractivity contribution in [1.82, 2.24) is 19.8 Å². The average molecular weight is 521 g/mol. The Morgan fingerprint density at radius 2 is 1.65 bits per heavy atom. The van der Waals surface area contributed by atoms with Crippen molar-refractivity contribution in [3.63, 3.8) is 0 Å². The van der Waals surface area contributed by atoms with E-state index in [0.717, 1.165) is 50.4 Å². The normalized spacial score (nSPS) is 21.6. The molecule has 3 heterocycles. The van der Waals surface area contributed by atoms with Crippen LogP contribution < -0.4 is 10.6 Å². The number of aromatic nitrogens is 2. The number of halogens is 3. The van der Waals surface area contributed by atoms with E-state index in [1.54, 1.807) is 17.0 Å². The van der Waals surface area contributed by atoms with Crippen molar-refractivity contribution in [1.29, 1.82) is 0 Å². The van der Waals surface area contributed by atoms with Crippen LogP contribution in [0, 0.1) is 0 Å². The Morgan fingerprint density at radius 3 is 2.16 bits per heavy atom. The SMILES string of the molecule is C[C@@H]1CN(c2cnc(C(F)(F)F)cn2)C[C@H](C)N1C(=O)OC1CCN(Cc2ccc(C(N)=O)cc2)CC1. The summed E-state index contributed by atoms with van der Waals surface area (Å²) in [6.45, 7) is 6.88. The monoisotopic (exact) mass is 520 g/mol. The molecule has 2 fully saturated rings. The number of piperazine rings is 1. The lowest BCUT2D eigenvalue weighted by Gasteiger charge is -2.44. The number of nitrogens with two attached hydrogens (primary N) is 1. The molecular weight excluding hydrogens is 489 g/mol. The van der Waals surface area contributed by atoms with Crippen LogP contribution in [0.25, 0.3) is 0 Å². The summed E-state index contributed by atoms with van der Waals surface area (Å²) < 4.78 is 44.2. The van der Waals surface area contributed by atoms with Crippen LogP contribution in [0.15, 0.2) is 36.7 Å². The van der Waals surface area contributed by atoms with Crippen LogP contribution in [0.3, 0.4) is 0 Å². The van der Waals surface area contributed by atoms with Crippen molar-refractivity contribution in [3.8, 4) is 0 Å². The van der Waals surface area contributed by atoms with Gasteiger partial charge < -0.3 is 15.4 Å². The number of benzene rings is 1. The molecule has 2 aliphatic rings. The Labute approximate surface area is 213 Å². The fourth-order valence-corrected chi connectivity index (χ4v) is 4.92. The zero-order chi connectivity index (χ0) is 26.7. The first kappa shape index (κ1) is 26.6. The van der Waals surface area contributed by atoms with Crippen molar-refractivity contribution in [2.24, 2.45) is 5.73 Å². The van der Waals surface area contributed by atoms with Crippen LogP contribution in [0.4, 0.5) is 23.8 Å².